The van der Waals surface area contributed by atoms with Crippen molar-refractivity contribution >= 4 is 11.5 Å². The Morgan fingerprint density at radius 1 is 1.60 bits per heavy atom. The van der Waals surface area contributed by atoms with Gasteiger partial charge in [0.15, 0.2) is 0 Å². The lowest BCUT2D eigenvalue weighted by atomic mass is 10.2. The molecule has 0 bridgehead atoms. The summed E-state index contributed by atoms with van der Waals surface area (Å²) in [5, 5.41) is 13.7. The Bertz CT molecular complexity index is 364. The number of aromatic nitrogens is 1. The molecule has 0 aliphatic heterocycles. The second-order valence-corrected chi connectivity index (χ2v) is 3.89. The molecular formula is C10H15N3O2. The van der Waals surface area contributed by atoms with Crippen LogP contribution in [0.4, 0.5) is 11.5 Å². The van der Waals surface area contributed by atoms with E-state index in [0.29, 0.717) is 17.3 Å². The first-order chi connectivity index (χ1) is 7.00. The molecular weight excluding hydrogens is 194 g/mol. The summed E-state index contributed by atoms with van der Waals surface area (Å²) in [7, 11) is 0. The first-order valence-corrected chi connectivity index (χ1v) is 4.85. The first kappa shape index (κ1) is 11.4. The van der Waals surface area contributed by atoms with Crippen LogP contribution >= 0.6 is 0 Å². The van der Waals surface area contributed by atoms with E-state index in [4.69, 9.17) is 0 Å². The molecule has 0 aromatic carbocycles. The second-order valence-electron chi connectivity index (χ2n) is 3.89. The molecule has 1 aromatic rings. The summed E-state index contributed by atoms with van der Waals surface area (Å²) < 4.78 is 0. The molecule has 0 atom stereocenters. The molecule has 1 aromatic heterocycles. The van der Waals surface area contributed by atoms with E-state index in [0.717, 1.165) is 6.54 Å². The van der Waals surface area contributed by atoms with Crippen molar-refractivity contribution in [3.05, 3.63) is 27.9 Å². The van der Waals surface area contributed by atoms with Crippen LogP contribution in [0.5, 0.6) is 0 Å². The normalized spacial score (nSPS) is 10.4. The van der Waals surface area contributed by atoms with Crippen LogP contribution in [-0.2, 0) is 0 Å². The zero-order valence-electron chi connectivity index (χ0n) is 9.15. The average Bonchev–Trinajstić information content (AvgIpc) is 2.14. The quantitative estimate of drug-likeness (QED) is 0.610. The number of nitro groups is 1. The Morgan fingerprint density at radius 2 is 2.27 bits per heavy atom. The third-order valence-electron chi connectivity index (χ3n) is 1.97. The third kappa shape index (κ3) is 3.19. The molecule has 1 rings (SSSR count). The summed E-state index contributed by atoms with van der Waals surface area (Å²) >= 11 is 0. The summed E-state index contributed by atoms with van der Waals surface area (Å²) in [4.78, 5) is 14.1. The fraction of sp³-hybridized carbons (Fsp3) is 0.500. The van der Waals surface area contributed by atoms with Gasteiger partial charge in [-0.05, 0) is 18.9 Å². The van der Waals surface area contributed by atoms with Gasteiger partial charge in [0.05, 0.1) is 4.92 Å². The van der Waals surface area contributed by atoms with Crippen molar-refractivity contribution in [1.82, 2.24) is 4.98 Å². The van der Waals surface area contributed by atoms with Gasteiger partial charge in [0.25, 0.3) is 5.69 Å². The zero-order chi connectivity index (χ0) is 11.4. The molecule has 1 heterocycles. The van der Waals surface area contributed by atoms with E-state index in [-0.39, 0.29) is 5.69 Å². The van der Waals surface area contributed by atoms with Crippen LogP contribution in [0.3, 0.4) is 0 Å². The molecule has 0 amide bonds. The van der Waals surface area contributed by atoms with Crippen LogP contribution in [0.1, 0.15) is 19.4 Å². The summed E-state index contributed by atoms with van der Waals surface area (Å²) in [5.74, 6) is 1.20. The zero-order valence-corrected chi connectivity index (χ0v) is 9.15. The number of nitrogens with zero attached hydrogens (tertiary/aromatic N) is 2. The monoisotopic (exact) mass is 209 g/mol. The minimum atomic E-state index is -0.422. The van der Waals surface area contributed by atoms with E-state index in [9.17, 15) is 10.1 Å². The van der Waals surface area contributed by atoms with Crippen LogP contribution in [0.25, 0.3) is 0 Å². The summed E-state index contributed by atoms with van der Waals surface area (Å²) in [6, 6.07) is 1.69. The topological polar surface area (TPSA) is 68.1 Å². The molecule has 0 spiro atoms. The van der Waals surface area contributed by atoms with Crippen molar-refractivity contribution in [2.45, 2.75) is 20.8 Å². The highest BCUT2D eigenvalue weighted by Gasteiger charge is 2.11. The predicted octanol–water partition coefficient (Wildman–Crippen LogP) is 2.37. The van der Waals surface area contributed by atoms with Crippen LogP contribution in [-0.4, -0.2) is 16.5 Å². The van der Waals surface area contributed by atoms with Gasteiger partial charge in [0.1, 0.15) is 12.0 Å². The molecule has 5 heteroatoms. The van der Waals surface area contributed by atoms with E-state index in [2.05, 4.69) is 24.1 Å². The van der Waals surface area contributed by atoms with Gasteiger partial charge in [-0.2, -0.15) is 0 Å². The smallest absolute Gasteiger partial charge is 0.290 e. The van der Waals surface area contributed by atoms with Crippen molar-refractivity contribution in [3.63, 3.8) is 0 Å². The van der Waals surface area contributed by atoms with E-state index >= 15 is 0 Å². The molecule has 15 heavy (non-hydrogen) atoms. The number of pyridine rings is 1. The van der Waals surface area contributed by atoms with Crippen molar-refractivity contribution in [3.8, 4) is 0 Å². The van der Waals surface area contributed by atoms with Gasteiger partial charge < -0.3 is 5.32 Å². The number of rotatable bonds is 4. The Hall–Kier alpha value is -1.65. The number of anilines is 1. The molecule has 0 aliphatic rings. The van der Waals surface area contributed by atoms with E-state index < -0.39 is 4.92 Å². The number of hydrogen-bond acceptors (Lipinski definition) is 4. The van der Waals surface area contributed by atoms with Crippen LogP contribution < -0.4 is 5.32 Å². The lowest BCUT2D eigenvalue weighted by molar-refractivity contribution is -0.385. The third-order valence-corrected chi connectivity index (χ3v) is 1.97. The highest BCUT2D eigenvalue weighted by molar-refractivity contribution is 5.46. The Balaban J connectivity index is 2.78. The summed E-state index contributed by atoms with van der Waals surface area (Å²) in [6.07, 6.45) is 1.29. The van der Waals surface area contributed by atoms with Gasteiger partial charge in [-0.15, -0.1) is 0 Å². The van der Waals surface area contributed by atoms with Crippen molar-refractivity contribution in [1.29, 1.82) is 0 Å². The standard InChI is InChI=1S/C10H15N3O2/c1-7(2)5-11-10-4-8(3)9(6-12-10)13(14)15/h4,6-7H,5H2,1-3H3,(H,11,12). The minimum absolute atomic E-state index is 0.0603. The van der Waals surface area contributed by atoms with Crippen molar-refractivity contribution in [2.75, 3.05) is 11.9 Å². The van der Waals surface area contributed by atoms with Gasteiger partial charge in [0, 0.05) is 12.1 Å². The second kappa shape index (κ2) is 4.72. The fourth-order valence-electron chi connectivity index (χ4n) is 1.15. The Morgan fingerprint density at radius 3 is 2.73 bits per heavy atom. The lowest BCUT2D eigenvalue weighted by Gasteiger charge is -2.08. The van der Waals surface area contributed by atoms with Gasteiger partial charge in [-0.25, -0.2) is 4.98 Å². The van der Waals surface area contributed by atoms with Crippen molar-refractivity contribution in [2.24, 2.45) is 5.92 Å². The van der Waals surface area contributed by atoms with E-state index in [1.807, 2.05) is 0 Å². The van der Waals surface area contributed by atoms with Crippen LogP contribution in [0.15, 0.2) is 12.3 Å². The maximum atomic E-state index is 10.5. The predicted molar refractivity (Wildman–Crippen MR) is 59.0 cm³/mol. The highest BCUT2D eigenvalue weighted by Crippen LogP contribution is 2.18. The van der Waals surface area contributed by atoms with Gasteiger partial charge in [0.2, 0.25) is 0 Å². The summed E-state index contributed by atoms with van der Waals surface area (Å²) in [6.45, 7) is 6.70. The molecule has 0 saturated carbocycles. The number of aryl methyl sites for hydroxylation is 1. The van der Waals surface area contributed by atoms with E-state index in [1.165, 1.54) is 6.20 Å². The SMILES string of the molecule is Cc1cc(NCC(C)C)ncc1[N+](=O)[O-]. The largest absolute Gasteiger partial charge is 0.370 e. The fourth-order valence-corrected chi connectivity index (χ4v) is 1.15. The maximum absolute atomic E-state index is 10.5. The average molecular weight is 209 g/mol. The molecule has 0 radical (unpaired) electrons. The maximum Gasteiger partial charge on any atom is 0.290 e. The van der Waals surface area contributed by atoms with E-state index in [1.54, 1.807) is 13.0 Å². The summed E-state index contributed by atoms with van der Waals surface area (Å²) in [5.41, 5.74) is 0.686. The number of nitrogens with one attached hydrogen (secondary N) is 1. The van der Waals surface area contributed by atoms with Crippen molar-refractivity contribution < 1.29 is 4.92 Å². The van der Waals surface area contributed by atoms with Crippen LogP contribution in [0.2, 0.25) is 0 Å². The van der Waals surface area contributed by atoms with Gasteiger partial charge in [-0.1, -0.05) is 13.8 Å². The molecule has 82 valence electrons. The Kier molecular flexibility index (Phi) is 3.60. The molecule has 0 aliphatic carbocycles. The molecule has 0 fully saturated rings. The molecule has 0 saturated heterocycles. The number of hydrogen-bond donors (Lipinski definition) is 1. The van der Waals surface area contributed by atoms with Crippen LogP contribution in [0, 0.1) is 23.0 Å². The minimum Gasteiger partial charge on any atom is -0.370 e. The van der Waals surface area contributed by atoms with Gasteiger partial charge in [-0.3, -0.25) is 10.1 Å². The molecule has 5 nitrogen and oxygen atoms in total. The Labute approximate surface area is 88.7 Å². The first-order valence-electron chi connectivity index (χ1n) is 4.85. The molecule has 0 unspecified atom stereocenters. The highest BCUT2D eigenvalue weighted by atomic mass is 16.6. The van der Waals surface area contributed by atoms with Gasteiger partial charge >= 0.3 is 0 Å². The lowest BCUT2D eigenvalue weighted by Crippen LogP contribution is -2.09. The molecule has 1 N–H and O–H groups in total.